The minimum Gasteiger partial charge on any atom is -0.469 e. The van der Waals surface area contributed by atoms with Crippen molar-refractivity contribution in [2.45, 2.75) is 54.8 Å². The summed E-state index contributed by atoms with van der Waals surface area (Å²) in [6.07, 6.45) is -1.10. The molecule has 0 amide bonds. The van der Waals surface area contributed by atoms with Crippen LogP contribution in [0.25, 0.3) is 0 Å². The number of benzene rings is 3. The maximum Gasteiger partial charge on any atom is 0.312 e. The number of aryl methyl sites for hydroxylation is 1. The van der Waals surface area contributed by atoms with Gasteiger partial charge in [0.1, 0.15) is 0 Å². The monoisotopic (exact) mass is 508 g/mol. The van der Waals surface area contributed by atoms with E-state index in [1.165, 1.54) is 7.11 Å². The molecule has 0 fully saturated rings. The van der Waals surface area contributed by atoms with Crippen LogP contribution >= 0.6 is 0 Å². The van der Waals surface area contributed by atoms with Gasteiger partial charge in [0.25, 0.3) is 0 Å². The van der Waals surface area contributed by atoms with Gasteiger partial charge in [0, 0.05) is 24.1 Å². The Hall–Kier alpha value is -2.54. The number of ether oxygens (including phenoxy) is 1. The van der Waals surface area contributed by atoms with E-state index >= 15 is 0 Å². The van der Waals surface area contributed by atoms with E-state index in [9.17, 15) is 14.1 Å². The van der Waals surface area contributed by atoms with E-state index in [1.54, 1.807) is 0 Å². The smallest absolute Gasteiger partial charge is 0.312 e. The van der Waals surface area contributed by atoms with Gasteiger partial charge in [-0.05, 0) is 36.2 Å². The van der Waals surface area contributed by atoms with Crippen LogP contribution in [-0.2, 0) is 20.3 Å². The van der Waals surface area contributed by atoms with Gasteiger partial charge in [0.05, 0.1) is 29.9 Å². The van der Waals surface area contributed by atoms with Gasteiger partial charge in [0.15, 0.2) is 0 Å². The summed E-state index contributed by atoms with van der Waals surface area (Å²) in [4.78, 5) is 14.1. The number of carbonyl (C=O) groups excluding carboxylic acids is 1. The van der Waals surface area contributed by atoms with Gasteiger partial charge in [0.2, 0.25) is 0 Å². The standard InChI is InChI=1S/C29H36O4SSi/c1-21-16-18-24(19-17-21)34(32)25(20-35(3,4)5)26(22-12-8-6-9-13-22)27(29(31)33-2)28(30)23-14-10-7-11-15-23/h6-19,25-28,30H,20H2,1-5H3/t25-,26+,27+,28?,34?/m0/s1. The number of aliphatic hydroxyl groups excluding tert-OH is 1. The van der Waals surface area contributed by atoms with Crippen LogP contribution < -0.4 is 0 Å². The van der Waals surface area contributed by atoms with E-state index < -0.39 is 42.8 Å². The lowest BCUT2D eigenvalue weighted by molar-refractivity contribution is -0.151. The summed E-state index contributed by atoms with van der Waals surface area (Å²) < 4.78 is 19.5. The van der Waals surface area contributed by atoms with Crippen molar-refractivity contribution in [1.29, 1.82) is 0 Å². The number of rotatable bonds is 10. The molecule has 0 aliphatic rings. The fraction of sp³-hybridized carbons (Fsp3) is 0.345. The molecule has 6 heteroatoms. The molecular formula is C29H36O4SSi. The van der Waals surface area contributed by atoms with E-state index in [-0.39, 0.29) is 5.25 Å². The minimum atomic E-state index is -1.75. The van der Waals surface area contributed by atoms with E-state index in [4.69, 9.17) is 4.74 Å². The summed E-state index contributed by atoms with van der Waals surface area (Å²) >= 11 is 0. The number of esters is 1. The SMILES string of the molecule is COC(=O)[C@@H](C(O)c1ccccc1)[C@H](c1ccccc1)[C@H](C[Si](C)(C)C)S(=O)c1ccc(C)cc1. The molecule has 0 aromatic heterocycles. The molecule has 186 valence electrons. The third-order valence-electron chi connectivity index (χ3n) is 6.27. The van der Waals surface area contributed by atoms with Crippen molar-refractivity contribution in [2.24, 2.45) is 5.92 Å². The number of hydrogen-bond acceptors (Lipinski definition) is 4. The first-order valence-electron chi connectivity index (χ1n) is 12.0. The minimum absolute atomic E-state index is 0.380. The Morgan fingerprint density at radius 1 is 0.886 bits per heavy atom. The molecule has 0 radical (unpaired) electrons. The summed E-state index contributed by atoms with van der Waals surface area (Å²) in [7, 11) is -1.81. The maximum absolute atomic E-state index is 14.2. The van der Waals surface area contributed by atoms with E-state index in [1.807, 2.05) is 91.9 Å². The Morgan fingerprint density at radius 3 is 1.89 bits per heavy atom. The van der Waals surface area contributed by atoms with Gasteiger partial charge in [-0.15, -0.1) is 0 Å². The van der Waals surface area contributed by atoms with Crippen molar-refractivity contribution in [3.05, 3.63) is 102 Å². The highest BCUT2D eigenvalue weighted by atomic mass is 32.2. The fourth-order valence-electron chi connectivity index (χ4n) is 4.58. The second-order valence-corrected chi connectivity index (χ2v) is 17.5. The van der Waals surface area contributed by atoms with Crippen molar-refractivity contribution < 1.29 is 18.8 Å². The average molecular weight is 509 g/mol. The molecule has 4 nitrogen and oxygen atoms in total. The van der Waals surface area contributed by atoms with Gasteiger partial charge in [-0.1, -0.05) is 98.0 Å². The Labute approximate surface area is 212 Å². The molecule has 3 aromatic carbocycles. The van der Waals surface area contributed by atoms with Crippen LogP contribution in [0.3, 0.4) is 0 Å². The molecule has 5 atom stereocenters. The fourth-order valence-corrected chi connectivity index (χ4v) is 9.49. The number of carbonyl (C=O) groups is 1. The molecule has 0 saturated carbocycles. The predicted octanol–water partition coefficient (Wildman–Crippen LogP) is 6.12. The number of methoxy groups -OCH3 is 1. The van der Waals surface area contributed by atoms with Crippen LogP contribution in [0.15, 0.2) is 89.8 Å². The molecule has 3 rings (SSSR count). The number of hydrogen-bond donors (Lipinski definition) is 1. The molecule has 0 bridgehead atoms. The van der Waals surface area contributed by atoms with Gasteiger partial charge in [-0.25, -0.2) is 0 Å². The lowest BCUT2D eigenvalue weighted by atomic mass is 9.78. The lowest BCUT2D eigenvalue weighted by Gasteiger charge is -2.37. The van der Waals surface area contributed by atoms with Gasteiger partial charge in [-0.2, -0.15) is 0 Å². The molecule has 0 aliphatic carbocycles. The summed E-state index contributed by atoms with van der Waals surface area (Å²) in [5.41, 5.74) is 2.61. The average Bonchev–Trinajstić information content (AvgIpc) is 2.86. The van der Waals surface area contributed by atoms with Gasteiger partial charge in [-0.3, -0.25) is 9.00 Å². The highest BCUT2D eigenvalue weighted by Gasteiger charge is 2.45. The second kappa shape index (κ2) is 11.9. The van der Waals surface area contributed by atoms with Crippen molar-refractivity contribution in [3.63, 3.8) is 0 Å². The van der Waals surface area contributed by atoms with E-state index in [0.29, 0.717) is 5.56 Å². The van der Waals surface area contributed by atoms with Crippen molar-refractivity contribution in [1.82, 2.24) is 0 Å². The van der Waals surface area contributed by atoms with Crippen molar-refractivity contribution in [2.75, 3.05) is 7.11 Å². The zero-order valence-corrected chi connectivity index (χ0v) is 23.0. The quantitative estimate of drug-likeness (QED) is 0.265. The van der Waals surface area contributed by atoms with Crippen LogP contribution in [0.2, 0.25) is 25.7 Å². The molecule has 2 unspecified atom stereocenters. The Kier molecular flexibility index (Phi) is 9.22. The second-order valence-electron chi connectivity index (χ2n) is 10.3. The Morgan fingerprint density at radius 2 is 1.40 bits per heavy atom. The Bertz CT molecular complexity index is 1110. The van der Waals surface area contributed by atoms with Crippen LogP contribution in [0.4, 0.5) is 0 Å². The first kappa shape index (κ1) is 27.1. The van der Waals surface area contributed by atoms with E-state index in [2.05, 4.69) is 19.6 Å². The lowest BCUT2D eigenvalue weighted by Crippen LogP contribution is -2.41. The largest absolute Gasteiger partial charge is 0.469 e. The highest BCUT2D eigenvalue weighted by Crippen LogP contribution is 2.43. The normalized spacial score (nSPS) is 16.1. The summed E-state index contributed by atoms with van der Waals surface area (Å²) in [5.74, 6) is -1.93. The van der Waals surface area contributed by atoms with Crippen LogP contribution in [0, 0.1) is 12.8 Å². The first-order chi connectivity index (χ1) is 16.6. The zero-order chi connectivity index (χ0) is 25.6. The predicted molar refractivity (Wildman–Crippen MR) is 146 cm³/mol. The topological polar surface area (TPSA) is 63.6 Å². The molecular weight excluding hydrogens is 472 g/mol. The third-order valence-corrected chi connectivity index (χ3v) is 9.98. The van der Waals surface area contributed by atoms with Crippen molar-refractivity contribution >= 4 is 24.8 Å². The molecule has 0 heterocycles. The molecule has 0 spiro atoms. The third kappa shape index (κ3) is 7.00. The summed E-state index contributed by atoms with van der Waals surface area (Å²) in [6, 6.07) is 27.3. The Balaban J connectivity index is 2.21. The van der Waals surface area contributed by atoms with Crippen molar-refractivity contribution in [3.8, 4) is 0 Å². The summed E-state index contributed by atoms with van der Waals surface area (Å²) in [6.45, 7) is 8.74. The zero-order valence-electron chi connectivity index (χ0n) is 21.2. The molecule has 3 aromatic rings. The van der Waals surface area contributed by atoms with Gasteiger partial charge < -0.3 is 9.84 Å². The molecule has 0 aliphatic heterocycles. The van der Waals surface area contributed by atoms with E-state index in [0.717, 1.165) is 22.1 Å². The summed E-state index contributed by atoms with van der Waals surface area (Å²) in [5, 5.41) is 11.2. The van der Waals surface area contributed by atoms with Crippen LogP contribution in [0.1, 0.15) is 28.7 Å². The molecule has 1 N–H and O–H groups in total. The maximum atomic E-state index is 14.2. The molecule has 0 saturated heterocycles. The van der Waals surface area contributed by atoms with Crippen LogP contribution in [0.5, 0.6) is 0 Å². The molecule has 35 heavy (non-hydrogen) atoms. The number of aliphatic hydroxyl groups is 1. The van der Waals surface area contributed by atoms with Gasteiger partial charge >= 0.3 is 5.97 Å². The highest BCUT2D eigenvalue weighted by molar-refractivity contribution is 7.85. The first-order valence-corrected chi connectivity index (χ1v) is 16.9. The van der Waals surface area contributed by atoms with Crippen LogP contribution in [-0.4, -0.2) is 35.7 Å².